The van der Waals surface area contributed by atoms with Crippen LogP contribution in [-0.4, -0.2) is 22.6 Å². The second-order valence-electron chi connectivity index (χ2n) is 3.17. The highest BCUT2D eigenvalue weighted by Crippen LogP contribution is 2.17. The fraction of sp³-hybridized carbons (Fsp3) is 0.0909. The Morgan fingerprint density at radius 2 is 2.13 bits per heavy atom. The number of aliphatic carboxylic acids is 1. The van der Waals surface area contributed by atoms with Crippen LogP contribution >= 0.6 is 0 Å². The van der Waals surface area contributed by atoms with Gasteiger partial charge in [-0.1, -0.05) is 0 Å². The van der Waals surface area contributed by atoms with Crippen LogP contribution in [0.25, 0.3) is 0 Å². The average molecular weight is 202 g/mol. The minimum atomic E-state index is -0.876. The summed E-state index contributed by atoms with van der Waals surface area (Å²) in [5, 5.41) is 8.86. The molecule has 1 aromatic rings. The van der Waals surface area contributed by atoms with Crippen LogP contribution in [0.5, 0.6) is 0 Å². The van der Waals surface area contributed by atoms with E-state index >= 15 is 0 Å². The van der Waals surface area contributed by atoms with Gasteiger partial charge in [-0.2, -0.15) is 0 Å². The molecule has 2 rings (SSSR count). The van der Waals surface area contributed by atoms with Gasteiger partial charge in [-0.25, -0.2) is 4.79 Å². The maximum atomic E-state index is 10.8. The van der Waals surface area contributed by atoms with Gasteiger partial charge in [-0.05, 0) is 24.3 Å². The van der Waals surface area contributed by atoms with E-state index in [2.05, 4.69) is 4.98 Å². The van der Waals surface area contributed by atoms with Crippen molar-refractivity contribution < 1.29 is 9.90 Å². The lowest BCUT2D eigenvalue weighted by molar-refractivity contribution is -0.132. The Hall–Kier alpha value is -2.10. The first-order valence-corrected chi connectivity index (χ1v) is 4.55. The lowest BCUT2D eigenvalue weighted by atomic mass is 10.2. The van der Waals surface area contributed by atoms with Crippen LogP contribution in [0.4, 0.5) is 5.69 Å². The van der Waals surface area contributed by atoms with Crippen molar-refractivity contribution in [3.05, 3.63) is 48.5 Å². The molecule has 2 heterocycles. The number of hydrogen-bond donors (Lipinski definition) is 1. The Morgan fingerprint density at radius 3 is 2.80 bits per heavy atom. The molecule has 4 heteroatoms. The predicted molar refractivity (Wildman–Crippen MR) is 56.4 cm³/mol. The number of anilines is 1. The van der Waals surface area contributed by atoms with Gasteiger partial charge in [0.25, 0.3) is 0 Å². The predicted octanol–water partition coefficient (Wildman–Crippen LogP) is 1.43. The number of nitrogens with zero attached hydrogens (tertiary/aromatic N) is 2. The molecule has 0 aliphatic carbocycles. The molecule has 76 valence electrons. The zero-order valence-corrected chi connectivity index (χ0v) is 8.00. The van der Waals surface area contributed by atoms with Crippen LogP contribution in [-0.2, 0) is 4.79 Å². The van der Waals surface area contributed by atoms with Gasteiger partial charge in [0.15, 0.2) is 0 Å². The summed E-state index contributed by atoms with van der Waals surface area (Å²) in [4.78, 5) is 16.6. The van der Waals surface area contributed by atoms with E-state index in [-0.39, 0.29) is 0 Å². The molecule has 0 unspecified atom stereocenters. The molecule has 0 saturated heterocycles. The molecule has 0 aromatic carbocycles. The average Bonchev–Trinajstić information content (AvgIpc) is 2.30. The molecule has 0 atom stereocenters. The summed E-state index contributed by atoms with van der Waals surface area (Å²) in [5.41, 5.74) is 1.32. The summed E-state index contributed by atoms with van der Waals surface area (Å²) >= 11 is 0. The Labute approximate surface area is 87.2 Å². The van der Waals surface area contributed by atoms with E-state index in [1.807, 2.05) is 23.2 Å². The smallest absolute Gasteiger partial charge is 0.333 e. The molecule has 1 aromatic heterocycles. The van der Waals surface area contributed by atoms with E-state index < -0.39 is 5.97 Å². The molecule has 0 bridgehead atoms. The highest BCUT2D eigenvalue weighted by molar-refractivity contribution is 5.88. The Bertz CT molecular complexity index is 423. The zero-order valence-electron chi connectivity index (χ0n) is 8.00. The van der Waals surface area contributed by atoms with E-state index in [0.717, 1.165) is 5.69 Å². The largest absolute Gasteiger partial charge is 0.478 e. The first-order valence-electron chi connectivity index (χ1n) is 4.55. The minimum Gasteiger partial charge on any atom is -0.478 e. The number of carboxylic acid groups (broad SMARTS) is 1. The van der Waals surface area contributed by atoms with E-state index in [0.29, 0.717) is 12.1 Å². The van der Waals surface area contributed by atoms with E-state index in [1.165, 1.54) is 0 Å². The highest BCUT2D eigenvalue weighted by atomic mass is 16.4. The molecule has 0 fully saturated rings. The third-order valence-electron chi connectivity index (χ3n) is 2.17. The first-order chi connectivity index (χ1) is 7.27. The lowest BCUT2D eigenvalue weighted by Gasteiger charge is -2.22. The molecule has 0 spiro atoms. The van der Waals surface area contributed by atoms with Crippen LogP contribution in [0.2, 0.25) is 0 Å². The van der Waals surface area contributed by atoms with Gasteiger partial charge in [0.1, 0.15) is 0 Å². The van der Waals surface area contributed by atoms with Gasteiger partial charge in [0, 0.05) is 24.3 Å². The van der Waals surface area contributed by atoms with Crippen molar-refractivity contribution in [2.24, 2.45) is 0 Å². The van der Waals surface area contributed by atoms with Gasteiger partial charge >= 0.3 is 5.97 Å². The van der Waals surface area contributed by atoms with Gasteiger partial charge in [-0.15, -0.1) is 0 Å². The third-order valence-corrected chi connectivity index (χ3v) is 2.17. The normalized spacial score (nSPS) is 14.9. The summed E-state index contributed by atoms with van der Waals surface area (Å²) in [6.07, 6.45) is 8.55. The molecule has 0 amide bonds. The molecule has 1 N–H and O–H groups in total. The third kappa shape index (κ3) is 2.04. The maximum absolute atomic E-state index is 10.8. The second-order valence-corrected chi connectivity index (χ2v) is 3.17. The monoisotopic (exact) mass is 202 g/mol. The quantitative estimate of drug-likeness (QED) is 0.788. The Morgan fingerprint density at radius 1 is 1.40 bits per heavy atom. The molecule has 1 aliphatic rings. The van der Waals surface area contributed by atoms with Gasteiger partial charge in [0.05, 0.1) is 12.1 Å². The molecule has 0 saturated carbocycles. The molecule has 15 heavy (non-hydrogen) atoms. The molecular formula is C11H10N2O2. The first kappa shape index (κ1) is 9.45. The number of pyridine rings is 1. The zero-order chi connectivity index (χ0) is 10.7. The van der Waals surface area contributed by atoms with Crippen LogP contribution in [0, 0.1) is 0 Å². The van der Waals surface area contributed by atoms with Crippen molar-refractivity contribution in [1.82, 2.24) is 4.98 Å². The second kappa shape index (κ2) is 3.96. The van der Waals surface area contributed by atoms with Crippen molar-refractivity contribution in [3.8, 4) is 0 Å². The van der Waals surface area contributed by atoms with E-state index in [1.54, 1.807) is 24.5 Å². The molecule has 4 nitrogen and oxygen atoms in total. The van der Waals surface area contributed by atoms with Crippen molar-refractivity contribution in [2.75, 3.05) is 11.4 Å². The van der Waals surface area contributed by atoms with Crippen LogP contribution in [0.1, 0.15) is 0 Å². The number of rotatable bonds is 2. The number of hydrogen-bond acceptors (Lipinski definition) is 3. The van der Waals surface area contributed by atoms with E-state index in [9.17, 15) is 4.79 Å². The lowest BCUT2D eigenvalue weighted by Crippen LogP contribution is -2.24. The standard InChI is InChI=1S/C11H10N2O2/c14-11(15)9-2-1-7-13(8-9)10-3-5-12-6-4-10/h1-7H,8H2,(H,14,15). The van der Waals surface area contributed by atoms with Gasteiger partial charge in [-0.3, -0.25) is 4.98 Å². The van der Waals surface area contributed by atoms with Crippen molar-refractivity contribution >= 4 is 11.7 Å². The number of carboxylic acids is 1. The summed E-state index contributed by atoms with van der Waals surface area (Å²) < 4.78 is 0. The van der Waals surface area contributed by atoms with Crippen LogP contribution in [0.15, 0.2) is 48.5 Å². The van der Waals surface area contributed by atoms with Crippen molar-refractivity contribution in [2.45, 2.75) is 0 Å². The minimum absolute atomic E-state index is 0.384. The number of carbonyl (C=O) groups is 1. The van der Waals surface area contributed by atoms with Gasteiger partial charge < -0.3 is 10.0 Å². The number of aromatic nitrogens is 1. The highest BCUT2D eigenvalue weighted by Gasteiger charge is 2.14. The van der Waals surface area contributed by atoms with Crippen molar-refractivity contribution in [3.63, 3.8) is 0 Å². The Balaban J connectivity index is 2.19. The van der Waals surface area contributed by atoms with Crippen LogP contribution in [0.3, 0.4) is 0 Å². The summed E-state index contributed by atoms with van der Waals surface area (Å²) in [6.45, 7) is 0.385. The van der Waals surface area contributed by atoms with Crippen LogP contribution < -0.4 is 4.90 Å². The SMILES string of the molecule is O=C(O)C1=CC=CN(c2ccncc2)C1. The van der Waals surface area contributed by atoms with Gasteiger partial charge in [0.2, 0.25) is 0 Å². The topological polar surface area (TPSA) is 53.4 Å². The summed E-state index contributed by atoms with van der Waals surface area (Å²) in [6, 6.07) is 3.68. The number of allylic oxidation sites excluding steroid dienone is 2. The fourth-order valence-corrected chi connectivity index (χ4v) is 1.40. The molecule has 1 aliphatic heterocycles. The fourth-order valence-electron chi connectivity index (χ4n) is 1.40. The van der Waals surface area contributed by atoms with E-state index in [4.69, 9.17) is 5.11 Å². The van der Waals surface area contributed by atoms with Crippen molar-refractivity contribution in [1.29, 1.82) is 0 Å². The molecular weight excluding hydrogens is 192 g/mol. The summed E-state index contributed by atoms with van der Waals surface area (Å²) in [7, 11) is 0. The Kier molecular flexibility index (Phi) is 2.49. The maximum Gasteiger partial charge on any atom is 0.333 e. The molecule has 0 radical (unpaired) electrons. The summed E-state index contributed by atoms with van der Waals surface area (Å²) in [5.74, 6) is -0.876.